The van der Waals surface area contributed by atoms with E-state index in [9.17, 15) is 0 Å². The SMILES string of the molecule is Nc1ccc(OCC2CCOC2)c(Cl)c1. The third-order valence-electron chi connectivity index (χ3n) is 2.45. The molecule has 15 heavy (non-hydrogen) atoms. The van der Waals surface area contributed by atoms with E-state index >= 15 is 0 Å². The molecule has 1 saturated heterocycles. The average Bonchev–Trinajstić information content (AvgIpc) is 2.69. The van der Waals surface area contributed by atoms with Gasteiger partial charge in [0.2, 0.25) is 0 Å². The van der Waals surface area contributed by atoms with Crippen LogP contribution in [0.1, 0.15) is 6.42 Å². The summed E-state index contributed by atoms with van der Waals surface area (Å²) in [5.41, 5.74) is 6.24. The highest BCUT2D eigenvalue weighted by atomic mass is 35.5. The normalized spacial score (nSPS) is 20.5. The molecule has 1 aromatic rings. The molecular weight excluding hydrogens is 214 g/mol. The van der Waals surface area contributed by atoms with Crippen LogP contribution in [0.2, 0.25) is 5.02 Å². The molecule has 0 saturated carbocycles. The molecule has 1 atom stereocenters. The minimum atomic E-state index is 0.485. The second-order valence-electron chi connectivity index (χ2n) is 3.73. The Kier molecular flexibility index (Phi) is 3.34. The summed E-state index contributed by atoms with van der Waals surface area (Å²) in [7, 11) is 0. The Morgan fingerprint density at radius 1 is 1.53 bits per heavy atom. The van der Waals surface area contributed by atoms with E-state index in [1.54, 1.807) is 18.2 Å². The van der Waals surface area contributed by atoms with E-state index in [0.29, 0.717) is 29.0 Å². The zero-order valence-electron chi connectivity index (χ0n) is 8.41. The Balaban J connectivity index is 1.92. The molecule has 0 radical (unpaired) electrons. The van der Waals surface area contributed by atoms with E-state index in [4.69, 9.17) is 26.8 Å². The lowest BCUT2D eigenvalue weighted by Crippen LogP contribution is -2.11. The lowest BCUT2D eigenvalue weighted by atomic mass is 10.1. The first-order valence-electron chi connectivity index (χ1n) is 5.01. The van der Waals surface area contributed by atoms with Gasteiger partial charge in [-0.05, 0) is 24.6 Å². The summed E-state index contributed by atoms with van der Waals surface area (Å²) in [6, 6.07) is 5.28. The molecule has 1 aliphatic heterocycles. The molecule has 0 bridgehead atoms. The van der Waals surface area contributed by atoms with Crippen molar-refractivity contribution in [1.82, 2.24) is 0 Å². The van der Waals surface area contributed by atoms with Crippen molar-refractivity contribution in [3.05, 3.63) is 23.2 Å². The van der Waals surface area contributed by atoms with Gasteiger partial charge in [0.15, 0.2) is 0 Å². The van der Waals surface area contributed by atoms with Crippen molar-refractivity contribution in [2.45, 2.75) is 6.42 Å². The van der Waals surface area contributed by atoms with Gasteiger partial charge >= 0.3 is 0 Å². The van der Waals surface area contributed by atoms with Crippen molar-refractivity contribution < 1.29 is 9.47 Å². The van der Waals surface area contributed by atoms with Crippen LogP contribution in [0, 0.1) is 5.92 Å². The zero-order valence-corrected chi connectivity index (χ0v) is 9.17. The fourth-order valence-electron chi connectivity index (χ4n) is 1.56. The molecule has 82 valence electrons. The first-order chi connectivity index (χ1) is 7.25. The molecule has 0 aromatic heterocycles. The van der Waals surface area contributed by atoms with Crippen molar-refractivity contribution in [3.8, 4) is 5.75 Å². The van der Waals surface area contributed by atoms with E-state index in [1.807, 2.05) is 0 Å². The van der Waals surface area contributed by atoms with Crippen molar-refractivity contribution in [1.29, 1.82) is 0 Å². The van der Waals surface area contributed by atoms with Gasteiger partial charge in [0, 0.05) is 18.2 Å². The van der Waals surface area contributed by atoms with Crippen LogP contribution in [0.4, 0.5) is 5.69 Å². The van der Waals surface area contributed by atoms with Crippen molar-refractivity contribution in [2.24, 2.45) is 5.92 Å². The third-order valence-corrected chi connectivity index (χ3v) is 2.75. The van der Waals surface area contributed by atoms with Gasteiger partial charge in [-0.2, -0.15) is 0 Å². The maximum Gasteiger partial charge on any atom is 0.138 e. The number of benzene rings is 1. The standard InChI is InChI=1S/C11H14ClNO2/c12-10-5-9(13)1-2-11(10)15-7-8-3-4-14-6-8/h1-2,5,8H,3-4,6-7,13H2. The molecule has 0 aliphatic carbocycles. The number of hydrogen-bond acceptors (Lipinski definition) is 3. The Labute approximate surface area is 94.1 Å². The Bertz CT molecular complexity index is 337. The van der Waals surface area contributed by atoms with E-state index in [-0.39, 0.29) is 0 Å². The largest absolute Gasteiger partial charge is 0.492 e. The summed E-state index contributed by atoms with van der Waals surface area (Å²) in [6.45, 7) is 2.28. The minimum Gasteiger partial charge on any atom is -0.492 e. The summed E-state index contributed by atoms with van der Waals surface area (Å²) >= 11 is 5.98. The molecule has 1 fully saturated rings. The van der Waals surface area contributed by atoms with Gasteiger partial charge in [0.05, 0.1) is 18.2 Å². The molecule has 2 N–H and O–H groups in total. The van der Waals surface area contributed by atoms with E-state index in [2.05, 4.69) is 0 Å². The topological polar surface area (TPSA) is 44.5 Å². The first kappa shape index (κ1) is 10.6. The third kappa shape index (κ3) is 2.76. The van der Waals surface area contributed by atoms with Gasteiger partial charge in [0.1, 0.15) is 5.75 Å². The highest BCUT2D eigenvalue weighted by Gasteiger charge is 2.16. The van der Waals surface area contributed by atoms with Crippen molar-refractivity contribution >= 4 is 17.3 Å². The molecule has 1 unspecified atom stereocenters. The van der Waals surface area contributed by atoms with E-state index in [1.165, 1.54) is 0 Å². The summed E-state index contributed by atoms with van der Waals surface area (Å²) < 4.78 is 10.9. The van der Waals surface area contributed by atoms with Gasteiger partial charge in [-0.15, -0.1) is 0 Å². The summed E-state index contributed by atoms with van der Waals surface area (Å²) in [5.74, 6) is 1.18. The molecule has 4 heteroatoms. The minimum absolute atomic E-state index is 0.485. The number of rotatable bonds is 3. The predicted octanol–water partition coefficient (Wildman–Crippen LogP) is 2.34. The van der Waals surface area contributed by atoms with Crippen molar-refractivity contribution in [3.63, 3.8) is 0 Å². The van der Waals surface area contributed by atoms with E-state index in [0.717, 1.165) is 19.6 Å². The van der Waals surface area contributed by atoms with Crippen LogP contribution in [0.15, 0.2) is 18.2 Å². The van der Waals surface area contributed by atoms with Crippen molar-refractivity contribution in [2.75, 3.05) is 25.6 Å². The van der Waals surface area contributed by atoms with Gasteiger partial charge < -0.3 is 15.2 Å². The maximum atomic E-state index is 5.98. The average molecular weight is 228 g/mol. The zero-order chi connectivity index (χ0) is 10.7. The monoisotopic (exact) mass is 227 g/mol. The van der Waals surface area contributed by atoms with Gasteiger partial charge in [-0.3, -0.25) is 0 Å². The second kappa shape index (κ2) is 4.73. The van der Waals surface area contributed by atoms with E-state index < -0.39 is 0 Å². The van der Waals surface area contributed by atoms with Crippen LogP contribution >= 0.6 is 11.6 Å². The summed E-state index contributed by atoms with van der Waals surface area (Å²) in [6.07, 6.45) is 1.06. The number of nitrogen functional groups attached to an aromatic ring is 1. The second-order valence-corrected chi connectivity index (χ2v) is 4.14. The number of ether oxygens (including phenoxy) is 2. The van der Waals surface area contributed by atoms with Crippen LogP contribution in [-0.4, -0.2) is 19.8 Å². The fourth-order valence-corrected chi connectivity index (χ4v) is 1.80. The Morgan fingerprint density at radius 3 is 3.07 bits per heavy atom. The molecule has 1 aliphatic rings. The van der Waals surface area contributed by atoms with Gasteiger partial charge in [0.25, 0.3) is 0 Å². The molecule has 0 spiro atoms. The number of hydrogen-bond donors (Lipinski definition) is 1. The van der Waals surface area contributed by atoms with Crippen LogP contribution in [0.25, 0.3) is 0 Å². The number of anilines is 1. The predicted molar refractivity (Wildman–Crippen MR) is 60.3 cm³/mol. The lowest BCUT2D eigenvalue weighted by Gasteiger charge is -2.11. The lowest BCUT2D eigenvalue weighted by molar-refractivity contribution is 0.167. The van der Waals surface area contributed by atoms with Crippen LogP contribution < -0.4 is 10.5 Å². The Hall–Kier alpha value is -0.930. The quantitative estimate of drug-likeness (QED) is 0.807. The number of nitrogens with two attached hydrogens (primary N) is 1. The molecule has 0 amide bonds. The molecule has 2 rings (SSSR count). The number of halogens is 1. The first-order valence-corrected chi connectivity index (χ1v) is 5.39. The highest BCUT2D eigenvalue weighted by molar-refractivity contribution is 6.32. The summed E-state index contributed by atoms with van der Waals surface area (Å²) in [4.78, 5) is 0. The van der Waals surface area contributed by atoms with Gasteiger partial charge in [-0.1, -0.05) is 11.6 Å². The highest BCUT2D eigenvalue weighted by Crippen LogP contribution is 2.27. The molecule has 1 heterocycles. The molecule has 3 nitrogen and oxygen atoms in total. The Morgan fingerprint density at radius 2 is 2.40 bits per heavy atom. The van der Waals surface area contributed by atoms with Crippen LogP contribution in [0.3, 0.4) is 0 Å². The van der Waals surface area contributed by atoms with Gasteiger partial charge in [-0.25, -0.2) is 0 Å². The van der Waals surface area contributed by atoms with Crippen LogP contribution in [0.5, 0.6) is 5.75 Å². The van der Waals surface area contributed by atoms with Crippen LogP contribution in [-0.2, 0) is 4.74 Å². The molecule has 1 aromatic carbocycles. The molecular formula is C11H14ClNO2. The summed E-state index contributed by atoms with van der Waals surface area (Å²) in [5, 5.41) is 0.564. The fraction of sp³-hybridized carbons (Fsp3) is 0.455. The maximum absolute atomic E-state index is 5.98. The smallest absolute Gasteiger partial charge is 0.138 e.